The lowest BCUT2D eigenvalue weighted by Gasteiger charge is -2.24. The summed E-state index contributed by atoms with van der Waals surface area (Å²) in [7, 11) is 0. The molecule has 0 spiro atoms. The van der Waals surface area contributed by atoms with E-state index in [1.54, 1.807) is 0 Å². The minimum atomic E-state index is 0.0709. The van der Waals surface area contributed by atoms with Crippen molar-refractivity contribution in [2.45, 2.75) is 32.4 Å². The van der Waals surface area contributed by atoms with Crippen molar-refractivity contribution >= 4 is 5.91 Å². The molecule has 1 saturated heterocycles. The largest absolute Gasteiger partial charge is 0.376 e. The Labute approximate surface area is 114 Å². The molecule has 4 heteroatoms. The molecule has 0 radical (unpaired) electrons. The molecule has 1 amide bonds. The predicted octanol–water partition coefficient (Wildman–Crippen LogP) is 1.79. The number of likely N-dealkylation sites (N-methyl/N-ethyl adjacent to an activating group) is 1. The van der Waals surface area contributed by atoms with Crippen molar-refractivity contribution in [3.05, 3.63) is 35.4 Å². The van der Waals surface area contributed by atoms with E-state index in [0.29, 0.717) is 19.6 Å². The lowest BCUT2D eigenvalue weighted by atomic mass is 10.1. The monoisotopic (exact) mass is 262 g/mol. The molecule has 0 bridgehead atoms. The zero-order chi connectivity index (χ0) is 13.7. The molecule has 4 nitrogen and oxygen atoms in total. The second-order valence-electron chi connectivity index (χ2n) is 4.88. The van der Waals surface area contributed by atoms with Gasteiger partial charge in [0.05, 0.1) is 6.10 Å². The summed E-state index contributed by atoms with van der Waals surface area (Å²) in [6, 6.07) is 7.52. The van der Waals surface area contributed by atoms with Crippen LogP contribution in [0.1, 0.15) is 35.7 Å². The lowest BCUT2D eigenvalue weighted by molar-refractivity contribution is 0.0539. The van der Waals surface area contributed by atoms with Crippen molar-refractivity contribution in [1.29, 1.82) is 0 Å². The number of ether oxygens (including phenoxy) is 1. The maximum atomic E-state index is 12.4. The van der Waals surface area contributed by atoms with Gasteiger partial charge in [-0.3, -0.25) is 4.79 Å². The highest BCUT2D eigenvalue weighted by atomic mass is 16.5. The van der Waals surface area contributed by atoms with E-state index in [1.165, 1.54) is 0 Å². The fourth-order valence-electron chi connectivity index (χ4n) is 2.36. The molecule has 1 aromatic rings. The van der Waals surface area contributed by atoms with Gasteiger partial charge in [-0.15, -0.1) is 0 Å². The third-order valence-corrected chi connectivity index (χ3v) is 3.55. The van der Waals surface area contributed by atoms with Crippen LogP contribution in [0.3, 0.4) is 0 Å². The highest BCUT2D eigenvalue weighted by Crippen LogP contribution is 2.15. The van der Waals surface area contributed by atoms with Gasteiger partial charge in [-0.25, -0.2) is 0 Å². The van der Waals surface area contributed by atoms with Crippen LogP contribution in [0.4, 0.5) is 0 Å². The highest BCUT2D eigenvalue weighted by Gasteiger charge is 2.22. The van der Waals surface area contributed by atoms with E-state index in [-0.39, 0.29) is 12.0 Å². The van der Waals surface area contributed by atoms with E-state index in [0.717, 1.165) is 30.6 Å². The molecule has 1 fully saturated rings. The minimum Gasteiger partial charge on any atom is -0.376 e. The van der Waals surface area contributed by atoms with Gasteiger partial charge in [0.25, 0.3) is 5.91 Å². The quantitative estimate of drug-likeness (QED) is 0.880. The third kappa shape index (κ3) is 3.55. The Bertz CT molecular complexity index is 411. The normalized spacial score (nSPS) is 18.5. The fraction of sp³-hybridized carbons (Fsp3) is 0.533. The van der Waals surface area contributed by atoms with Gasteiger partial charge in [0.1, 0.15) is 0 Å². The number of hydrogen-bond donors (Lipinski definition) is 1. The molecular weight excluding hydrogens is 240 g/mol. The average molecular weight is 262 g/mol. The molecule has 1 heterocycles. The number of nitrogens with zero attached hydrogens (tertiary/aromatic N) is 1. The standard InChI is InChI=1S/C15H22N2O2/c1-2-17(11-14-4-3-9-19-14)15(18)13-7-5-12(10-16)6-8-13/h5-8,14H,2-4,9-11,16H2,1H3. The Hall–Kier alpha value is -1.39. The van der Waals surface area contributed by atoms with Crippen LogP contribution in [-0.2, 0) is 11.3 Å². The fourth-order valence-corrected chi connectivity index (χ4v) is 2.36. The number of carbonyl (C=O) groups is 1. The molecular formula is C15H22N2O2. The molecule has 2 rings (SSSR count). The van der Waals surface area contributed by atoms with E-state index in [2.05, 4.69) is 0 Å². The molecule has 2 N–H and O–H groups in total. The van der Waals surface area contributed by atoms with Crippen molar-refractivity contribution in [3.8, 4) is 0 Å². The maximum absolute atomic E-state index is 12.4. The summed E-state index contributed by atoms with van der Waals surface area (Å²) in [4.78, 5) is 14.3. The molecule has 1 aliphatic heterocycles. The Balaban J connectivity index is 2.01. The minimum absolute atomic E-state index is 0.0709. The Morgan fingerprint density at radius 2 is 2.16 bits per heavy atom. The van der Waals surface area contributed by atoms with Gasteiger partial charge in [-0.05, 0) is 37.5 Å². The van der Waals surface area contributed by atoms with E-state index >= 15 is 0 Å². The number of benzene rings is 1. The Morgan fingerprint density at radius 1 is 1.42 bits per heavy atom. The summed E-state index contributed by atoms with van der Waals surface area (Å²) in [5.41, 5.74) is 7.32. The van der Waals surface area contributed by atoms with Crippen LogP contribution in [0.15, 0.2) is 24.3 Å². The number of nitrogens with two attached hydrogens (primary N) is 1. The van der Waals surface area contributed by atoms with Crippen LogP contribution in [0, 0.1) is 0 Å². The second kappa shape index (κ2) is 6.68. The van der Waals surface area contributed by atoms with Gasteiger partial charge in [0.2, 0.25) is 0 Å². The van der Waals surface area contributed by atoms with Crippen molar-refractivity contribution in [3.63, 3.8) is 0 Å². The summed E-state index contributed by atoms with van der Waals surface area (Å²) in [6.07, 6.45) is 2.35. The lowest BCUT2D eigenvalue weighted by Crippen LogP contribution is -2.37. The molecule has 1 aromatic carbocycles. The van der Waals surface area contributed by atoms with Gasteiger partial charge < -0.3 is 15.4 Å². The SMILES string of the molecule is CCN(CC1CCCO1)C(=O)c1ccc(CN)cc1. The number of carbonyl (C=O) groups excluding carboxylic acids is 1. The van der Waals surface area contributed by atoms with Crippen LogP contribution < -0.4 is 5.73 Å². The smallest absolute Gasteiger partial charge is 0.253 e. The van der Waals surface area contributed by atoms with Crippen LogP contribution >= 0.6 is 0 Å². The maximum Gasteiger partial charge on any atom is 0.253 e. The Kier molecular flexibility index (Phi) is 4.93. The summed E-state index contributed by atoms with van der Waals surface area (Å²) in [5, 5.41) is 0. The van der Waals surface area contributed by atoms with Crippen molar-refractivity contribution in [1.82, 2.24) is 4.90 Å². The van der Waals surface area contributed by atoms with Crippen LogP contribution in [-0.4, -0.2) is 36.6 Å². The van der Waals surface area contributed by atoms with E-state index in [9.17, 15) is 4.79 Å². The molecule has 0 aromatic heterocycles. The first-order valence-corrected chi connectivity index (χ1v) is 6.94. The van der Waals surface area contributed by atoms with Gasteiger partial charge in [-0.2, -0.15) is 0 Å². The molecule has 1 unspecified atom stereocenters. The average Bonchev–Trinajstić information content (AvgIpc) is 2.97. The first-order chi connectivity index (χ1) is 9.24. The molecule has 0 saturated carbocycles. The van der Waals surface area contributed by atoms with Gasteiger partial charge in [0.15, 0.2) is 0 Å². The van der Waals surface area contributed by atoms with E-state index in [4.69, 9.17) is 10.5 Å². The van der Waals surface area contributed by atoms with E-state index in [1.807, 2.05) is 36.1 Å². The summed E-state index contributed by atoms with van der Waals surface area (Å²) in [5.74, 6) is 0.0709. The van der Waals surface area contributed by atoms with Crippen LogP contribution in [0.5, 0.6) is 0 Å². The number of amides is 1. The molecule has 1 atom stereocenters. The zero-order valence-electron chi connectivity index (χ0n) is 11.5. The van der Waals surface area contributed by atoms with Gasteiger partial charge in [0, 0.05) is 31.8 Å². The summed E-state index contributed by atoms with van der Waals surface area (Å²) in [6.45, 7) is 4.72. The number of hydrogen-bond acceptors (Lipinski definition) is 3. The molecule has 104 valence electrons. The zero-order valence-corrected chi connectivity index (χ0v) is 11.5. The first kappa shape index (κ1) is 14.0. The third-order valence-electron chi connectivity index (χ3n) is 3.55. The van der Waals surface area contributed by atoms with Gasteiger partial charge >= 0.3 is 0 Å². The van der Waals surface area contributed by atoms with Crippen molar-refractivity contribution < 1.29 is 9.53 Å². The van der Waals surface area contributed by atoms with E-state index < -0.39 is 0 Å². The Morgan fingerprint density at radius 3 is 2.68 bits per heavy atom. The molecule has 1 aliphatic rings. The molecule has 0 aliphatic carbocycles. The van der Waals surface area contributed by atoms with Crippen molar-refractivity contribution in [2.24, 2.45) is 5.73 Å². The first-order valence-electron chi connectivity index (χ1n) is 6.94. The van der Waals surface area contributed by atoms with Crippen molar-refractivity contribution in [2.75, 3.05) is 19.7 Å². The highest BCUT2D eigenvalue weighted by molar-refractivity contribution is 5.94. The van der Waals surface area contributed by atoms with Crippen LogP contribution in [0.2, 0.25) is 0 Å². The van der Waals surface area contributed by atoms with Crippen LogP contribution in [0.25, 0.3) is 0 Å². The van der Waals surface area contributed by atoms with Gasteiger partial charge in [-0.1, -0.05) is 12.1 Å². The second-order valence-corrected chi connectivity index (χ2v) is 4.88. The topological polar surface area (TPSA) is 55.6 Å². The molecule has 19 heavy (non-hydrogen) atoms. The number of rotatable bonds is 5. The summed E-state index contributed by atoms with van der Waals surface area (Å²) < 4.78 is 5.60. The summed E-state index contributed by atoms with van der Waals surface area (Å²) >= 11 is 0. The predicted molar refractivity (Wildman–Crippen MR) is 74.9 cm³/mol.